The second-order valence-electron chi connectivity index (χ2n) is 3.71. The van der Waals surface area contributed by atoms with Gasteiger partial charge in [0.1, 0.15) is 6.10 Å². The lowest BCUT2D eigenvalue weighted by Crippen LogP contribution is -2.39. The van der Waals surface area contributed by atoms with Gasteiger partial charge in [0.15, 0.2) is 0 Å². The molecule has 1 atom stereocenters. The van der Waals surface area contributed by atoms with E-state index in [0.29, 0.717) is 0 Å². The molecule has 0 aliphatic heterocycles. The fraction of sp³-hybridized carbons (Fsp3) is 0.909. The van der Waals surface area contributed by atoms with Gasteiger partial charge in [0.2, 0.25) is 0 Å². The SMILES string of the molecule is CCCCN(CCCC)C(=O)[C@H](C)O. The van der Waals surface area contributed by atoms with Crippen molar-refractivity contribution in [3.05, 3.63) is 0 Å². The van der Waals surface area contributed by atoms with Crippen LogP contribution in [0.5, 0.6) is 0 Å². The van der Waals surface area contributed by atoms with Crippen molar-refractivity contribution < 1.29 is 9.90 Å². The molecule has 0 radical (unpaired) electrons. The number of carbonyl (C=O) groups excluding carboxylic acids is 1. The molecule has 0 fully saturated rings. The van der Waals surface area contributed by atoms with Crippen molar-refractivity contribution in [3.8, 4) is 0 Å². The molecule has 0 unspecified atom stereocenters. The Bertz CT molecular complexity index is 149. The van der Waals surface area contributed by atoms with Crippen LogP contribution in [-0.4, -0.2) is 35.1 Å². The van der Waals surface area contributed by atoms with Gasteiger partial charge < -0.3 is 10.0 Å². The van der Waals surface area contributed by atoms with Crippen molar-refractivity contribution in [2.75, 3.05) is 13.1 Å². The second kappa shape index (κ2) is 7.80. The normalized spacial score (nSPS) is 12.6. The maximum atomic E-state index is 11.5. The predicted octanol–water partition coefficient (Wildman–Crippen LogP) is 1.80. The van der Waals surface area contributed by atoms with E-state index in [1.54, 1.807) is 4.90 Å². The molecule has 0 bridgehead atoms. The van der Waals surface area contributed by atoms with Crippen molar-refractivity contribution >= 4 is 5.91 Å². The van der Waals surface area contributed by atoms with E-state index in [-0.39, 0.29) is 5.91 Å². The van der Waals surface area contributed by atoms with Crippen LogP contribution in [0.25, 0.3) is 0 Å². The van der Waals surface area contributed by atoms with Crippen LogP contribution < -0.4 is 0 Å². The lowest BCUT2D eigenvalue weighted by molar-refractivity contribution is -0.139. The van der Waals surface area contributed by atoms with E-state index in [1.807, 2.05) is 0 Å². The molecule has 0 aliphatic carbocycles. The highest BCUT2D eigenvalue weighted by Crippen LogP contribution is 2.02. The Morgan fingerprint density at radius 3 is 1.93 bits per heavy atom. The topological polar surface area (TPSA) is 40.5 Å². The summed E-state index contributed by atoms with van der Waals surface area (Å²) in [5, 5.41) is 9.20. The van der Waals surface area contributed by atoms with Crippen molar-refractivity contribution in [2.45, 2.75) is 52.6 Å². The van der Waals surface area contributed by atoms with Crippen molar-refractivity contribution in [2.24, 2.45) is 0 Å². The van der Waals surface area contributed by atoms with Gasteiger partial charge in [0.25, 0.3) is 5.91 Å². The molecule has 3 nitrogen and oxygen atoms in total. The van der Waals surface area contributed by atoms with Crippen LogP contribution in [0.2, 0.25) is 0 Å². The second-order valence-corrected chi connectivity index (χ2v) is 3.71. The molecule has 3 heteroatoms. The molecular formula is C11H23NO2. The predicted molar refractivity (Wildman–Crippen MR) is 58.1 cm³/mol. The fourth-order valence-electron chi connectivity index (χ4n) is 1.29. The van der Waals surface area contributed by atoms with Crippen LogP contribution >= 0.6 is 0 Å². The van der Waals surface area contributed by atoms with E-state index in [4.69, 9.17) is 0 Å². The van der Waals surface area contributed by atoms with Gasteiger partial charge in [-0.3, -0.25) is 4.79 Å². The molecule has 14 heavy (non-hydrogen) atoms. The highest BCUT2D eigenvalue weighted by molar-refractivity contribution is 5.80. The Balaban J connectivity index is 4.01. The molecule has 1 amide bonds. The average Bonchev–Trinajstić information content (AvgIpc) is 2.17. The zero-order valence-corrected chi connectivity index (χ0v) is 9.62. The molecule has 0 aliphatic rings. The zero-order valence-electron chi connectivity index (χ0n) is 9.62. The molecule has 1 N–H and O–H groups in total. The highest BCUT2D eigenvalue weighted by atomic mass is 16.3. The van der Waals surface area contributed by atoms with E-state index in [1.165, 1.54) is 6.92 Å². The number of hydrogen-bond donors (Lipinski definition) is 1. The van der Waals surface area contributed by atoms with Gasteiger partial charge in [-0.25, -0.2) is 0 Å². The molecule has 0 aromatic carbocycles. The smallest absolute Gasteiger partial charge is 0.251 e. The van der Waals surface area contributed by atoms with Gasteiger partial charge in [0, 0.05) is 13.1 Å². The van der Waals surface area contributed by atoms with Gasteiger partial charge in [-0.2, -0.15) is 0 Å². The van der Waals surface area contributed by atoms with E-state index >= 15 is 0 Å². The molecule has 0 rings (SSSR count). The molecule has 0 heterocycles. The monoisotopic (exact) mass is 201 g/mol. The third kappa shape index (κ3) is 5.22. The van der Waals surface area contributed by atoms with Crippen molar-refractivity contribution in [3.63, 3.8) is 0 Å². The van der Waals surface area contributed by atoms with Crippen LogP contribution in [0.1, 0.15) is 46.5 Å². The number of rotatable bonds is 7. The lowest BCUT2D eigenvalue weighted by Gasteiger charge is -2.23. The quantitative estimate of drug-likeness (QED) is 0.682. The van der Waals surface area contributed by atoms with Gasteiger partial charge >= 0.3 is 0 Å². The largest absolute Gasteiger partial charge is 0.384 e. The van der Waals surface area contributed by atoms with Gasteiger partial charge in [0.05, 0.1) is 0 Å². The zero-order chi connectivity index (χ0) is 11.0. The van der Waals surface area contributed by atoms with Crippen LogP contribution in [0, 0.1) is 0 Å². The molecule has 0 spiro atoms. The number of carbonyl (C=O) groups is 1. The van der Waals surface area contributed by atoms with Crippen molar-refractivity contribution in [1.82, 2.24) is 4.90 Å². The third-order valence-electron chi connectivity index (χ3n) is 2.23. The van der Waals surface area contributed by atoms with E-state index in [0.717, 1.165) is 38.8 Å². The number of hydrogen-bond acceptors (Lipinski definition) is 2. The van der Waals surface area contributed by atoms with E-state index in [2.05, 4.69) is 13.8 Å². The number of aliphatic hydroxyl groups is 1. The Morgan fingerprint density at radius 2 is 1.64 bits per heavy atom. The standard InChI is InChI=1S/C11H23NO2/c1-4-6-8-12(9-7-5-2)11(14)10(3)13/h10,13H,4-9H2,1-3H3/t10-/m0/s1. The molecular weight excluding hydrogens is 178 g/mol. The van der Waals surface area contributed by atoms with Crippen LogP contribution in [0.3, 0.4) is 0 Å². The minimum atomic E-state index is -0.858. The first-order chi connectivity index (χ1) is 6.63. The number of nitrogens with zero attached hydrogens (tertiary/aromatic N) is 1. The van der Waals surface area contributed by atoms with Crippen molar-refractivity contribution in [1.29, 1.82) is 0 Å². The summed E-state index contributed by atoms with van der Waals surface area (Å²) in [6.07, 6.45) is 3.33. The lowest BCUT2D eigenvalue weighted by atomic mass is 10.2. The van der Waals surface area contributed by atoms with Gasteiger partial charge in [-0.05, 0) is 19.8 Å². The first-order valence-electron chi connectivity index (χ1n) is 5.60. The fourth-order valence-corrected chi connectivity index (χ4v) is 1.29. The summed E-state index contributed by atoms with van der Waals surface area (Å²) in [5.74, 6) is -0.132. The Kier molecular flexibility index (Phi) is 7.48. The Hall–Kier alpha value is -0.570. The van der Waals surface area contributed by atoms with E-state index < -0.39 is 6.10 Å². The molecule has 0 aromatic rings. The number of amides is 1. The first kappa shape index (κ1) is 13.4. The van der Waals surface area contributed by atoms with Crippen LogP contribution in [0.15, 0.2) is 0 Å². The first-order valence-corrected chi connectivity index (χ1v) is 5.60. The molecule has 0 aromatic heterocycles. The minimum Gasteiger partial charge on any atom is -0.384 e. The summed E-state index contributed by atoms with van der Waals surface area (Å²) < 4.78 is 0. The molecule has 84 valence electrons. The molecule has 0 saturated heterocycles. The summed E-state index contributed by atoms with van der Waals surface area (Å²) in [5.41, 5.74) is 0. The third-order valence-corrected chi connectivity index (χ3v) is 2.23. The Morgan fingerprint density at radius 1 is 1.21 bits per heavy atom. The number of aliphatic hydroxyl groups excluding tert-OH is 1. The summed E-state index contributed by atoms with van der Waals surface area (Å²) >= 11 is 0. The summed E-state index contributed by atoms with van der Waals surface area (Å²) in [4.78, 5) is 13.3. The van der Waals surface area contributed by atoms with Crippen LogP contribution in [-0.2, 0) is 4.79 Å². The van der Waals surface area contributed by atoms with Gasteiger partial charge in [-0.15, -0.1) is 0 Å². The maximum Gasteiger partial charge on any atom is 0.251 e. The average molecular weight is 201 g/mol. The summed E-state index contributed by atoms with van der Waals surface area (Å²) in [6.45, 7) is 7.30. The molecule has 0 saturated carbocycles. The van der Waals surface area contributed by atoms with Gasteiger partial charge in [-0.1, -0.05) is 26.7 Å². The number of unbranched alkanes of at least 4 members (excludes halogenated alkanes) is 2. The highest BCUT2D eigenvalue weighted by Gasteiger charge is 2.16. The summed E-state index contributed by atoms with van der Waals surface area (Å²) in [7, 11) is 0. The minimum absolute atomic E-state index is 0.132. The van der Waals surface area contributed by atoms with E-state index in [9.17, 15) is 9.90 Å². The summed E-state index contributed by atoms with van der Waals surface area (Å²) in [6, 6.07) is 0. The maximum absolute atomic E-state index is 11.5. The van der Waals surface area contributed by atoms with Crippen LogP contribution in [0.4, 0.5) is 0 Å². The Labute approximate surface area is 87.1 Å².